The van der Waals surface area contributed by atoms with Gasteiger partial charge in [-0.1, -0.05) is 12.1 Å². The van der Waals surface area contributed by atoms with Gasteiger partial charge in [-0.3, -0.25) is 4.79 Å². The molecule has 0 radical (unpaired) electrons. The maximum Gasteiger partial charge on any atom is 0.262 e. The van der Waals surface area contributed by atoms with E-state index >= 15 is 0 Å². The summed E-state index contributed by atoms with van der Waals surface area (Å²) in [7, 11) is 0. The van der Waals surface area contributed by atoms with Crippen molar-refractivity contribution < 1.29 is 9.53 Å². The fourth-order valence-corrected chi connectivity index (χ4v) is 2.53. The summed E-state index contributed by atoms with van der Waals surface area (Å²) < 4.78 is 5.44. The molecule has 1 aliphatic rings. The molecule has 5 heteroatoms. The molecule has 1 amide bonds. The van der Waals surface area contributed by atoms with Crippen LogP contribution < -0.4 is 5.32 Å². The third-order valence-corrected chi connectivity index (χ3v) is 4.05. The van der Waals surface area contributed by atoms with Crippen LogP contribution in [0, 0.1) is 11.3 Å². The summed E-state index contributed by atoms with van der Waals surface area (Å²) in [5.41, 5.74) is 0.960. The number of ether oxygens (including phenoxy) is 1. The third kappa shape index (κ3) is 4.62. The highest BCUT2D eigenvalue weighted by Gasteiger charge is 2.17. The van der Waals surface area contributed by atoms with E-state index in [0.29, 0.717) is 6.54 Å². The number of amides is 1. The number of nitrogens with one attached hydrogen (secondary N) is 1. The Morgan fingerprint density at radius 2 is 2.29 bits per heavy atom. The van der Waals surface area contributed by atoms with E-state index < -0.39 is 0 Å². The van der Waals surface area contributed by atoms with Crippen LogP contribution >= 0.6 is 11.8 Å². The summed E-state index contributed by atoms with van der Waals surface area (Å²) in [4.78, 5) is 13.1. The zero-order chi connectivity index (χ0) is 15.1. The van der Waals surface area contributed by atoms with Gasteiger partial charge in [0.15, 0.2) is 0 Å². The first kappa shape index (κ1) is 15.6. The lowest BCUT2D eigenvalue weighted by atomic mass is 10.1. The fourth-order valence-electron chi connectivity index (χ4n) is 2.12. The molecule has 1 aromatic carbocycles. The summed E-state index contributed by atoms with van der Waals surface area (Å²) in [6.07, 6.45) is 5.68. The minimum atomic E-state index is -0.345. The van der Waals surface area contributed by atoms with Gasteiger partial charge in [0, 0.05) is 18.0 Å². The monoisotopic (exact) mass is 302 g/mol. The van der Waals surface area contributed by atoms with Crippen molar-refractivity contribution in [2.75, 3.05) is 19.4 Å². The van der Waals surface area contributed by atoms with Gasteiger partial charge in [-0.2, -0.15) is 5.26 Å². The first-order valence-electron chi connectivity index (χ1n) is 6.88. The number of hydrogen-bond acceptors (Lipinski definition) is 4. The van der Waals surface area contributed by atoms with Crippen molar-refractivity contribution in [3.63, 3.8) is 0 Å². The summed E-state index contributed by atoms with van der Waals surface area (Å²) in [5, 5.41) is 11.9. The van der Waals surface area contributed by atoms with Crippen molar-refractivity contribution >= 4 is 23.7 Å². The molecule has 0 spiro atoms. The quantitative estimate of drug-likeness (QED) is 0.516. The summed E-state index contributed by atoms with van der Waals surface area (Å²) >= 11 is 1.65. The molecule has 1 atom stereocenters. The van der Waals surface area contributed by atoms with Crippen molar-refractivity contribution in [1.82, 2.24) is 5.32 Å². The van der Waals surface area contributed by atoms with Crippen molar-refractivity contribution in [2.45, 2.75) is 23.8 Å². The van der Waals surface area contributed by atoms with Gasteiger partial charge in [0.1, 0.15) is 11.6 Å². The van der Waals surface area contributed by atoms with E-state index in [1.165, 1.54) is 0 Å². The van der Waals surface area contributed by atoms with Gasteiger partial charge >= 0.3 is 0 Å². The van der Waals surface area contributed by atoms with Crippen LogP contribution in [0.5, 0.6) is 0 Å². The Kier molecular flexibility index (Phi) is 5.85. The predicted molar refractivity (Wildman–Crippen MR) is 83.8 cm³/mol. The standard InChI is InChI=1S/C16H18N2O2S/c1-21-15-6-4-12(5-7-15)9-13(10-17)16(19)18-11-14-3-2-8-20-14/h4-7,9,14H,2-3,8,11H2,1H3,(H,18,19)/b13-9+. The molecule has 1 unspecified atom stereocenters. The van der Waals surface area contributed by atoms with Gasteiger partial charge in [0.05, 0.1) is 6.10 Å². The van der Waals surface area contributed by atoms with Crippen LogP contribution in [0.15, 0.2) is 34.7 Å². The maximum atomic E-state index is 12.0. The van der Waals surface area contributed by atoms with Gasteiger partial charge in [-0.05, 0) is 42.9 Å². The van der Waals surface area contributed by atoms with Crippen LogP contribution in [-0.2, 0) is 9.53 Å². The number of benzene rings is 1. The fraction of sp³-hybridized carbons (Fsp3) is 0.375. The molecule has 21 heavy (non-hydrogen) atoms. The molecule has 1 fully saturated rings. The smallest absolute Gasteiger partial charge is 0.262 e. The van der Waals surface area contributed by atoms with Crippen LogP contribution in [-0.4, -0.2) is 31.4 Å². The molecule has 0 aromatic heterocycles. The summed E-state index contributed by atoms with van der Waals surface area (Å²) in [6, 6.07) is 9.69. The lowest BCUT2D eigenvalue weighted by molar-refractivity contribution is -0.117. The van der Waals surface area contributed by atoms with Crippen LogP contribution in [0.25, 0.3) is 6.08 Å². The van der Waals surface area contributed by atoms with Crippen molar-refractivity contribution in [1.29, 1.82) is 5.26 Å². The Morgan fingerprint density at radius 1 is 1.52 bits per heavy atom. The second-order valence-corrected chi connectivity index (χ2v) is 5.67. The van der Waals surface area contributed by atoms with Crippen molar-refractivity contribution in [3.8, 4) is 6.07 Å². The molecule has 1 aliphatic heterocycles. The Bertz CT molecular complexity index is 555. The third-order valence-electron chi connectivity index (χ3n) is 3.31. The van der Waals surface area contributed by atoms with E-state index in [2.05, 4.69) is 5.32 Å². The molecule has 0 bridgehead atoms. The topological polar surface area (TPSA) is 62.1 Å². The van der Waals surface area contributed by atoms with Crippen LogP contribution in [0.1, 0.15) is 18.4 Å². The van der Waals surface area contributed by atoms with Crippen LogP contribution in [0.4, 0.5) is 0 Å². The number of carbonyl (C=O) groups excluding carboxylic acids is 1. The van der Waals surface area contributed by atoms with Crippen molar-refractivity contribution in [2.24, 2.45) is 0 Å². The molecule has 0 aliphatic carbocycles. The molecule has 110 valence electrons. The van der Waals surface area contributed by atoms with Gasteiger partial charge < -0.3 is 10.1 Å². The summed E-state index contributed by atoms with van der Waals surface area (Å²) in [5.74, 6) is -0.345. The van der Waals surface area contributed by atoms with Crippen LogP contribution in [0.3, 0.4) is 0 Å². The Hall–Kier alpha value is -1.77. The second kappa shape index (κ2) is 7.87. The molecule has 0 saturated carbocycles. The molecule has 1 saturated heterocycles. The van der Waals surface area contributed by atoms with Gasteiger partial charge in [0.2, 0.25) is 0 Å². The molecule has 1 heterocycles. The van der Waals surface area contributed by atoms with Gasteiger partial charge in [-0.15, -0.1) is 11.8 Å². The number of hydrogen-bond donors (Lipinski definition) is 1. The molecular formula is C16H18N2O2S. The molecule has 4 nitrogen and oxygen atoms in total. The molecule has 1 aromatic rings. The van der Waals surface area contributed by atoms with E-state index in [9.17, 15) is 4.79 Å². The highest BCUT2D eigenvalue weighted by atomic mass is 32.2. The largest absolute Gasteiger partial charge is 0.376 e. The number of rotatable bonds is 5. The number of nitriles is 1. The van der Waals surface area contributed by atoms with Crippen molar-refractivity contribution in [3.05, 3.63) is 35.4 Å². The normalized spacial score (nSPS) is 18.3. The SMILES string of the molecule is CSc1ccc(/C=C(\C#N)C(=O)NCC2CCCO2)cc1. The maximum absolute atomic E-state index is 12.0. The Labute approximate surface area is 129 Å². The van der Waals surface area contributed by atoms with E-state index in [-0.39, 0.29) is 17.6 Å². The minimum Gasteiger partial charge on any atom is -0.376 e. The lowest BCUT2D eigenvalue weighted by Gasteiger charge is -2.10. The zero-order valence-electron chi connectivity index (χ0n) is 12.0. The molecular weight excluding hydrogens is 284 g/mol. The van der Waals surface area contributed by atoms with Gasteiger partial charge in [0.25, 0.3) is 5.91 Å². The zero-order valence-corrected chi connectivity index (χ0v) is 12.8. The Balaban J connectivity index is 1.98. The lowest BCUT2D eigenvalue weighted by Crippen LogP contribution is -2.32. The van der Waals surface area contributed by atoms with Gasteiger partial charge in [-0.25, -0.2) is 0 Å². The predicted octanol–water partition coefficient (Wildman–Crippen LogP) is 2.61. The average Bonchev–Trinajstić information content (AvgIpc) is 3.04. The van der Waals surface area contributed by atoms with Crippen LogP contribution in [0.2, 0.25) is 0 Å². The first-order chi connectivity index (χ1) is 10.2. The number of carbonyl (C=O) groups is 1. The number of nitrogens with zero attached hydrogens (tertiary/aromatic N) is 1. The summed E-state index contributed by atoms with van der Waals surface area (Å²) in [6.45, 7) is 1.21. The van der Waals surface area contributed by atoms with E-state index in [1.54, 1.807) is 17.8 Å². The second-order valence-electron chi connectivity index (χ2n) is 4.79. The van der Waals surface area contributed by atoms with E-state index in [0.717, 1.165) is 29.9 Å². The minimum absolute atomic E-state index is 0.0785. The average molecular weight is 302 g/mol. The molecule has 2 rings (SSSR count). The Morgan fingerprint density at radius 3 is 2.86 bits per heavy atom. The molecule has 1 N–H and O–H groups in total. The van der Waals surface area contributed by atoms with E-state index in [1.807, 2.05) is 36.6 Å². The van der Waals surface area contributed by atoms with E-state index in [4.69, 9.17) is 10.00 Å². The number of thioether (sulfide) groups is 1. The first-order valence-corrected chi connectivity index (χ1v) is 8.11. The highest BCUT2D eigenvalue weighted by Crippen LogP contribution is 2.16. The highest BCUT2D eigenvalue weighted by molar-refractivity contribution is 7.98.